The van der Waals surface area contributed by atoms with Gasteiger partial charge in [0.25, 0.3) is 0 Å². The van der Waals surface area contributed by atoms with Gasteiger partial charge in [0, 0.05) is 0 Å². The molecular weight excluding hydrogens is 224 g/mol. The number of rotatable bonds is 7. The van der Waals surface area contributed by atoms with E-state index < -0.39 is 24.2 Å². The van der Waals surface area contributed by atoms with Crippen molar-refractivity contribution in [1.82, 2.24) is 0 Å². The molecule has 0 heterocycles. The zero-order valence-corrected chi connectivity index (χ0v) is 7.77. The normalized spacial score (nSPS) is 12.5. The highest BCUT2D eigenvalue weighted by Crippen LogP contribution is 1.97. The molecule has 0 amide bonds. The van der Waals surface area contributed by atoms with Gasteiger partial charge in [0.1, 0.15) is 0 Å². The molecule has 0 aromatic heterocycles. The number of hydrogen-bond donors (Lipinski definition) is 3. The first kappa shape index (κ1) is 13.5. The average molecular weight is 232 g/mol. The molecule has 0 fully saturated rings. The maximum absolute atomic E-state index is 10.4. The van der Waals surface area contributed by atoms with Crippen LogP contribution in [0.25, 0.3) is 0 Å². The summed E-state index contributed by atoms with van der Waals surface area (Å²) in [5, 5.41) is 24.8. The van der Waals surface area contributed by atoms with Gasteiger partial charge in [-0.05, 0) is 0 Å². The van der Waals surface area contributed by atoms with Crippen LogP contribution < -0.4 is 0 Å². The third-order valence-corrected chi connectivity index (χ3v) is 1.03. The zero-order chi connectivity index (χ0) is 12.6. The van der Waals surface area contributed by atoms with Gasteiger partial charge in [-0.15, -0.1) is 0 Å². The Morgan fingerprint density at radius 1 is 0.875 bits per heavy atom. The van der Waals surface area contributed by atoms with E-state index in [1.54, 1.807) is 0 Å². The molecule has 0 atom stereocenters. The number of carboxylic acid groups (broad SMARTS) is 3. The molecule has 0 aliphatic heterocycles. The first-order chi connectivity index (χ1) is 7.43. The average Bonchev–Trinajstić information content (AvgIpc) is 2.14. The molecule has 0 aliphatic carbocycles. The van der Waals surface area contributed by atoms with Crippen LogP contribution in [0.1, 0.15) is 0 Å². The smallest absolute Gasteiger partial charge is 0.387 e. The summed E-state index contributed by atoms with van der Waals surface area (Å²) in [6.45, 7) is 0. The molecule has 88 valence electrons. The fourth-order valence-electron chi connectivity index (χ4n) is 0.486. The van der Waals surface area contributed by atoms with Gasteiger partial charge in [-0.25, -0.2) is 14.4 Å². The highest BCUT2D eigenvalue weighted by Gasteiger charge is 2.17. The minimum absolute atomic E-state index is 0.556. The molecule has 8 nitrogen and oxygen atoms in total. The highest BCUT2D eigenvalue weighted by atomic mass is 16.7. The van der Waals surface area contributed by atoms with E-state index in [1.807, 2.05) is 0 Å². The van der Waals surface area contributed by atoms with Crippen LogP contribution in [0.4, 0.5) is 0 Å². The predicted octanol–water partition coefficient (Wildman–Crippen LogP) is -0.373. The lowest BCUT2D eigenvalue weighted by atomic mass is 10.6. The van der Waals surface area contributed by atoms with Crippen LogP contribution in [0, 0.1) is 0 Å². The molecule has 0 aliphatic rings. The third-order valence-electron chi connectivity index (χ3n) is 1.03. The first-order valence-corrected chi connectivity index (χ1v) is 3.76. The highest BCUT2D eigenvalue weighted by molar-refractivity contribution is 5.80. The van der Waals surface area contributed by atoms with Gasteiger partial charge in [0.05, 0.1) is 24.7 Å². The van der Waals surface area contributed by atoms with E-state index in [0.717, 1.165) is 0 Å². The summed E-state index contributed by atoms with van der Waals surface area (Å²) < 4.78 is 8.74. The quantitative estimate of drug-likeness (QED) is 0.307. The standard InChI is InChI=1S/C8H8O8/c9-5(10)1-3-15-8(7(13)14)16-4-2-6(11)12/h1-4,8H,(H,9,10)(H,11,12)(H,13,14). The molecule has 0 saturated heterocycles. The summed E-state index contributed by atoms with van der Waals surface area (Å²) in [6, 6.07) is 0. The summed E-state index contributed by atoms with van der Waals surface area (Å²) in [6.07, 6.45) is 0.512. The van der Waals surface area contributed by atoms with Gasteiger partial charge in [0.2, 0.25) is 0 Å². The second-order valence-electron chi connectivity index (χ2n) is 2.22. The molecule has 16 heavy (non-hydrogen) atoms. The van der Waals surface area contributed by atoms with Crippen molar-refractivity contribution in [3.8, 4) is 0 Å². The van der Waals surface area contributed by atoms with Gasteiger partial charge in [-0.2, -0.15) is 0 Å². The number of carbonyl (C=O) groups is 3. The lowest BCUT2D eigenvalue weighted by molar-refractivity contribution is -0.168. The molecule has 0 spiro atoms. The van der Waals surface area contributed by atoms with Crippen LogP contribution in [-0.2, 0) is 23.9 Å². The number of ether oxygens (including phenoxy) is 2. The number of hydrogen-bond acceptors (Lipinski definition) is 5. The maximum Gasteiger partial charge on any atom is 0.387 e. The van der Waals surface area contributed by atoms with Gasteiger partial charge in [-0.3, -0.25) is 0 Å². The molecule has 0 radical (unpaired) electrons. The summed E-state index contributed by atoms with van der Waals surface area (Å²) >= 11 is 0. The minimum Gasteiger partial charge on any atom is -0.478 e. The van der Waals surface area contributed by atoms with Crippen LogP contribution in [0.3, 0.4) is 0 Å². The van der Waals surface area contributed by atoms with Crippen LogP contribution in [0.15, 0.2) is 24.7 Å². The molecule has 0 aromatic rings. The Morgan fingerprint density at radius 2 is 1.25 bits per heavy atom. The van der Waals surface area contributed by atoms with Crippen molar-refractivity contribution in [1.29, 1.82) is 0 Å². The van der Waals surface area contributed by atoms with Crippen LogP contribution in [-0.4, -0.2) is 39.5 Å². The van der Waals surface area contributed by atoms with E-state index in [2.05, 4.69) is 9.47 Å². The van der Waals surface area contributed by atoms with E-state index in [4.69, 9.17) is 15.3 Å². The van der Waals surface area contributed by atoms with E-state index >= 15 is 0 Å². The monoisotopic (exact) mass is 232 g/mol. The van der Waals surface area contributed by atoms with Crippen molar-refractivity contribution in [3.63, 3.8) is 0 Å². The Labute approximate surface area is 89.0 Å². The maximum atomic E-state index is 10.4. The molecule has 0 aromatic carbocycles. The van der Waals surface area contributed by atoms with Gasteiger partial charge >= 0.3 is 24.2 Å². The lowest BCUT2D eigenvalue weighted by Crippen LogP contribution is -2.23. The van der Waals surface area contributed by atoms with E-state index in [1.165, 1.54) is 0 Å². The van der Waals surface area contributed by atoms with E-state index in [0.29, 0.717) is 24.7 Å². The van der Waals surface area contributed by atoms with Crippen molar-refractivity contribution < 1.29 is 39.2 Å². The van der Waals surface area contributed by atoms with Crippen LogP contribution in [0.2, 0.25) is 0 Å². The lowest BCUT2D eigenvalue weighted by Gasteiger charge is -2.10. The van der Waals surface area contributed by atoms with Gasteiger partial charge in [0.15, 0.2) is 0 Å². The molecule has 8 heteroatoms. The molecule has 3 N–H and O–H groups in total. The van der Waals surface area contributed by atoms with Gasteiger partial charge in [-0.1, -0.05) is 0 Å². The Bertz CT molecular complexity index is 303. The topological polar surface area (TPSA) is 130 Å². The Kier molecular flexibility index (Phi) is 5.79. The van der Waals surface area contributed by atoms with Crippen molar-refractivity contribution in [2.24, 2.45) is 0 Å². The molecule has 0 unspecified atom stereocenters. The second-order valence-corrected chi connectivity index (χ2v) is 2.22. The summed E-state index contributed by atoms with van der Waals surface area (Å²) in [4.78, 5) is 30.5. The number of carboxylic acids is 3. The fraction of sp³-hybridized carbons (Fsp3) is 0.125. The Morgan fingerprint density at radius 3 is 1.50 bits per heavy atom. The SMILES string of the molecule is O=C(O)C=COC(OC=CC(=O)O)C(=O)O. The van der Waals surface area contributed by atoms with E-state index in [-0.39, 0.29) is 0 Å². The predicted molar refractivity (Wildman–Crippen MR) is 47.1 cm³/mol. The van der Waals surface area contributed by atoms with E-state index in [9.17, 15) is 14.4 Å². The first-order valence-electron chi connectivity index (χ1n) is 3.76. The number of aliphatic carboxylic acids is 3. The Balaban J connectivity index is 4.23. The van der Waals surface area contributed by atoms with Crippen molar-refractivity contribution in [3.05, 3.63) is 24.7 Å². The second kappa shape index (κ2) is 6.87. The zero-order valence-electron chi connectivity index (χ0n) is 7.77. The fourth-order valence-corrected chi connectivity index (χ4v) is 0.486. The van der Waals surface area contributed by atoms with Crippen LogP contribution in [0.5, 0.6) is 0 Å². The Hall–Kier alpha value is -2.51. The van der Waals surface area contributed by atoms with Crippen LogP contribution >= 0.6 is 0 Å². The summed E-state index contributed by atoms with van der Waals surface area (Å²) in [5.74, 6) is -4.19. The van der Waals surface area contributed by atoms with Crippen molar-refractivity contribution in [2.45, 2.75) is 6.29 Å². The molecule has 0 bridgehead atoms. The molecular formula is C8H8O8. The minimum atomic E-state index is -1.81. The third kappa shape index (κ3) is 6.95. The van der Waals surface area contributed by atoms with Crippen molar-refractivity contribution >= 4 is 17.9 Å². The molecule has 0 rings (SSSR count). The van der Waals surface area contributed by atoms with Crippen molar-refractivity contribution in [2.75, 3.05) is 0 Å². The van der Waals surface area contributed by atoms with Gasteiger partial charge < -0.3 is 24.8 Å². The molecule has 0 saturated carbocycles. The largest absolute Gasteiger partial charge is 0.478 e. The summed E-state index contributed by atoms with van der Waals surface area (Å²) in [5.41, 5.74) is 0. The summed E-state index contributed by atoms with van der Waals surface area (Å²) in [7, 11) is 0.